The van der Waals surface area contributed by atoms with Crippen LogP contribution >= 0.6 is 23.1 Å². The molecule has 24 heavy (non-hydrogen) atoms. The lowest BCUT2D eigenvalue weighted by Crippen LogP contribution is -2.39. The number of aromatic nitrogens is 2. The maximum atomic E-state index is 12.6. The van der Waals surface area contributed by atoms with E-state index in [4.69, 9.17) is 0 Å². The minimum atomic E-state index is -0.533. The molecule has 0 bridgehead atoms. The largest absolute Gasteiger partial charge is 0.336 e. The van der Waals surface area contributed by atoms with Gasteiger partial charge in [-0.25, -0.2) is 9.78 Å². The van der Waals surface area contributed by atoms with E-state index in [2.05, 4.69) is 16.9 Å². The summed E-state index contributed by atoms with van der Waals surface area (Å²) in [6, 6.07) is 1.37. The molecule has 1 unspecified atom stereocenters. The molecule has 1 saturated heterocycles. The number of thiophene rings is 1. The number of thioether (sulfide) groups is 1. The number of hydrogen-bond acceptors (Lipinski definition) is 6. The Morgan fingerprint density at radius 2 is 2.38 bits per heavy atom. The Balaban J connectivity index is 1.92. The van der Waals surface area contributed by atoms with Crippen molar-refractivity contribution in [2.75, 3.05) is 13.1 Å². The summed E-state index contributed by atoms with van der Waals surface area (Å²) in [7, 11) is 0. The molecule has 126 valence electrons. The number of nitrogens with zero attached hydrogens (tertiary/aromatic N) is 3. The van der Waals surface area contributed by atoms with Gasteiger partial charge in [0.05, 0.1) is 10.6 Å². The summed E-state index contributed by atoms with van der Waals surface area (Å²) in [5.74, 6) is -0.291. The Kier molecular flexibility index (Phi) is 4.72. The van der Waals surface area contributed by atoms with E-state index < -0.39 is 5.25 Å². The summed E-state index contributed by atoms with van der Waals surface area (Å²) >= 11 is 2.56. The van der Waals surface area contributed by atoms with Crippen LogP contribution in [0, 0.1) is 0 Å². The standard InChI is InChI=1S/C15H16N4O3S2/c1-3-6-19-13(21)10-4-8-23-11(10)17-15(19)24-9(2)12(20)18-7-5-16-14(18)22/h3-4,8-9H,1,5-7H2,2H3,(H,16,22). The molecule has 1 fully saturated rings. The number of nitrogens with one attached hydrogen (secondary N) is 1. The van der Waals surface area contributed by atoms with Gasteiger partial charge in [-0.1, -0.05) is 17.8 Å². The fourth-order valence-corrected chi connectivity index (χ4v) is 4.21. The minimum Gasteiger partial charge on any atom is -0.336 e. The van der Waals surface area contributed by atoms with Gasteiger partial charge in [-0.15, -0.1) is 17.9 Å². The lowest BCUT2D eigenvalue weighted by molar-refractivity contribution is -0.126. The van der Waals surface area contributed by atoms with Gasteiger partial charge in [-0.2, -0.15) is 0 Å². The SMILES string of the molecule is C=CCn1c(SC(C)C(=O)N2CCNC2=O)nc2sccc2c1=O. The number of rotatable bonds is 5. The number of carbonyl (C=O) groups excluding carboxylic acids is 2. The first kappa shape index (κ1) is 16.7. The van der Waals surface area contributed by atoms with Crippen LogP contribution in [0.25, 0.3) is 10.2 Å². The Labute approximate surface area is 146 Å². The summed E-state index contributed by atoms with van der Waals surface area (Å²) in [5.41, 5.74) is -0.151. The van der Waals surface area contributed by atoms with Crippen LogP contribution in [0.4, 0.5) is 4.79 Å². The molecular weight excluding hydrogens is 348 g/mol. The molecule has 0 aromatic carbocycles. The average Bonchev–Trinajstić information content (AvgIpc) is 3.19. The predicted molar refractivity (Wildman–Crippen MR) is 94.5 cm³/mol. The van der Waals surface area contributed by atoms with Crippen molar-refractivity contribution in [3.05, 3.63) is 34.5 Å². The second kappa shape index (κ2) is 6.78. The first-order valence-corrected chi connectivity index (χ1v) is 9.13. The van der Waals surface area contributed by atoms with Gasteiger partial charge in [0.2, 0.25) is 5.91 Å². The molecule has 7 nitrogen and oxygen atoms in total. The topological polar surface area (TPSA) is 84.3 Å². The fourth-order valence-electron chi connectivity index (χ4n) is 2.42. The van der Waals surface area contributed by atoms with Crippen LogP contribution in [0.3, 0.4) is 0 Å². The molecule has 3 rings (SSSR count). The van der Waals surface area contributed by atoms with Crippen LogP contribution in [-0.4, -0.2) is 44.7 Å². The number of fused-ring (bicyclic) bond motifs is 1. The van der Waals surface area contributed by atoms with Crippen LogP contribution in [-0.2, 0) is 11.3 Å². The molecule has 1 N–H and O–H groups in total. The fraction of sp³-hybridized carbons (Fsp3) is 0.333. The normalized spacial score (nSPS) is 15.5. The second-order valence-electron chi connectivity index (χ2n) is 5.22. The maximum Gasteiger partial charge on any atom is 0.324 e. The molecule has 2 aromatic rings. The monoisotopic (exact) mass is 364 g/mol. The van der Waals surface area contributed by atoms with Gasteiger partial charge in [0.15, 0.2) is 5.16 Å². The van der Waals surface area contributed by atoms with Crippen LogP contribution < -0.4 is 10.9 Å². The number of amides is 3. The molecule has 2 aromatic heterocycles. The highest BCUT2D eigenvalue weighted by Crippen LogP contribution is 2.25. The summed E-state index contributed by atoms with van der Waals surface area (Å²) < 4.78 is 1.50. The van der Waals surface area contributed by atoms with E-state index >= 15 is 0 Å². The summed E-state index contributed by atoms with van der Waals surface area (Å²) in [6.07, 6.45) is 1.62. The first-order valence-electron chi connectivity index (χ1n) is 7.37. The van der Waals surface area contributed by atoms with Gasteiger partial charge in [0, 0.05) is 19.6 Å². The van der Waals surface area contributed by atoms with Crippen molar-refractivity contribution >= 4 is 45.3 Å². The van der Waals surface area contributed by atoms with E-state index in [0.717, 1.165) is 0 Å². The third-order valence-electron chi connectivity index (χ3n) is 3.61. The van der Waals surface area contributed by atoms with Crippen molar-refractivity contribution in [2.24, 2.45) is 0 Å². The molecule has 1 aliphatic heterocycles. The van der Waals surface area contributed by atoms with Gasteiger partial charge in [-0.05, 0) is 18.4 Å². The van der Waals surface area contributed by atoms with Gasteiger partial charge in [-0.3, -0.25) is 19.1 Å². The second-order valence-corrected chi connectivity index (χ2v) is 7.42. The van der Waals surface area contributed by atoms with E-state index in [-0.39, 0.29) is 17.5 Å². The van der Waals surface area contributed by atoms with Crippen molar-refractivity contribution in [3.63, 3.8) is 0 Å². The van der Waals surface area contributed by atoms with Crippen LogP contribution in [0.15, 0.2) is 34.1 Å². The number of imide groups is 1. The summed E-state index contributed by atoms with van der Waals surface area (Å²) in [6.45, 7) is 6.51. The Morgan fingerprint density at radius 1 is 1.58 bits per heavy atom. The van der Waals surface area contributed by atoms with Crippen LogP contribution in [0.5, 0.6) is 0 Å². The average molecular weight is 364 g/mol. The van der Waals surface area contributed by atoms with Crippen molar-refractivity contribution in [3.8, 4) is 0 Å². The molecule has 1 aliphatic rings. The quantitative estimate of drug-likeness (QED) is 0.496. The van der Waals surface area contributed by atoms with Gasteiger partial charge in [0.25, 0.3) is 5.56 Å². The maximum absolute atomic E-state index is 12.6. The van der Waals surface area contributed by atoms with Crippen LogP contribution in [0.2, 0.25) is 0 Å². The highest BCUT2D eigenvalue weighted by Gasteiger charge is 2.31. The zero-order chi connectivity index (χ0) is 17.3. The van der Waals surface area contributed by atoms with Gasteiger partial charge < -0.3 is 5.32 Å². The lowest BCUT2D eigenvalue weighted by atomic mass is 10.4. The molecule has 3 amide bonds. The molecule has 1 atom stereocenters. The highest BCUT2D eigenvalue weighted by molar-refractivity contribution is 8.00. The molecule has 0 aliphatic carbocycles. The zero-order valence-corrected chi connectivity index (χ0v) is 14.7. The third-order valence-corrected chi connectivity index (χ3v) is 5.50. The molecule has 0 saturated carbocycles. The van der Waals surface area contributed by atoms with Gasteiger partial charge in [0.1, 0.15) is 4.83 Å². The van der Waals surface area contributed by atoms with E-state index in [9.17, 15) is 14.4 Å². The Bertz CT molecular complexity index is 873. The zero-order valence-electron chi connectivity index (χ0n) is 13.0. The summed E-state index contributed by atoms with van der Waals surface area (Å²) in [5, 5.41) is 4.90. The van der Waals surface area contributed by atoms with E-state index in [1.165, 1.54) is 32.6 Å². The van der Waals surface area contributed by atoms with Gasteiger partial charge >= 0.3 is 6.03 Å². The smallest absolute Gasteiger partial charge is 0.324 e. The molecule has 3 heterocycles. The van der Waals surface area contributed by atoms with E-state index in [0.29, 0.717) is 35.0 Å². The Hall–Kier alpha value is -2.13. The van der Waals surface area contributed by atoms with E-state index in [1.807, 2.05) is 5.38 Å². The molecular formula is C15H16N4O3S2. The van der Waals surface area contributed by atoms with E-state index in [1.54, 1.807) is 19.1 Å². The Morgan fingerprint density at radius 3 is 3.04 bits per heavy atom. The number of carbonyl (C=O) groups is 2. The van der Waals surface area contributed by atoms with Crippen molar-refractivity contribution < 1.29 is 9.59 Å². The van der Waals surface area contributed by atoms with Crippen molar-refractivity contribution in [1.82, 2.24) is 19.8 Å². The number of urea groups is 1. The molecule has 0 radical (unpaired) electrons. The summed E-state index contributed by atoms with van der Waals surface area (Å²) in [4.78, 5) is 43.0. The highest BCUT2D eigenvalue weighted by atomic mass is 32.2. The number of allylic oxidation sites excluding steroid dienone is 1. The molecule has 0 spiro atoms. The number of hydrogen-bond donors (Lipinski definition) is 1. The lowest BCUT2D eigenvalue weighted by Gasteiger charge is -2.18. The van der Waals surface area contributed by atoms with Crippen LogP contribution in [0.1, 0.15) is 6.92 Å². The molecule has 9 heteroatoms. The van der Waals surface area contributed by atoms with Crippen molar-refractivity contribution in [1.29, 1.82) is 0 Å². The van der Waals surface area contributed by atoms with Crippen molar-refractivity contribution in [2.45, 2.75) is 23.9 Å². The third kappa shape index (κ3) is 2.96. The predicted octanol–water partition coefficient (Wildman–Crippen LogP) is 1.68. The first-order chi connectivity index (χ1) is 11.5. The minimum absolute atomic E-state index is 0.151.